The molecular formula is C20H16F3N5O3. The summed E-state index contributed by atoms with van der Waals surface area (Å²) in [5.74, 6) is 1.08. The van der Waals surface area contributed by atoms with Crippen LogP contribution in [0.5, 0.6) is 17.4 Å². The molecule has 0 fully saturated rings. The molecule has 0 saturated carbocycles. The Labute approximate surface area is 174 Å². The number of anilines is 3. The van der Waals surface area contributed by atoms with Gasteiger partial charge in [-0.1, -0.05) is 6.07 Å². The second-order valence-corrected chi connectivity index (χ2v) is 6.49. The number of rotatable bonds is 3. The van der Waals surface area contributed by atoms with E-state index in [9.17, 15) is 18.0 Å². The van der Waals surface area contributed by atoms with Gasteiger partial charge in [-0.25, -0.2) is 9.78 Å². The number of aromatic nitrogens is 2. The maximum Gasteiger partial charge on any atom is 0.416 e. The number of nitrogens with one attached hydrogen (secondary N) is 1. The van der Waals surface area contributed by atoms with E-state index in [0.717, 1.165) is 12.1 Å². The Morgan fingerprint density at radius 3 is 2.81 bits per heavy atom. The molecule has 8 nitrogen and oxygen atoms in total. The van der Waals surface area contributed by atoms with Gasteiger partial charge in [-0.15, -0.1) is 0 Å². The number of amides is 2. The Morgan fingerprint density at radius 2 is 2.03 bits per heavy atom. The highest BCUT2D eigenvalue weighted by Gasteiger charge is 2.31. The van der Waals surface area contributed by atoms with Gasteiger partial charge in [-0.3, -0.25) is 4.90 Å². The Hall–Kier alpha value is -4.02. The average Bonchev–Trinajstić information content (AvgIpc) is 2.73. The predicted molar refractivity (Wildman–Crippen MR) is 106 cm³/mol. The first kappa shape index (κ1) is 20.3. The number of carbonyl (C=O) groups is 1. The van der Waals surface area contributed by atoms with Gasteiger partial charge >= 0.3 is 12.2 Å². The molecule has 0 aliphatic carbocycles. The molecule has 2 heterocycles. The molecule has 0 unspecified atom stereocenters. The summed E-state index contributed by atoms with van der Waals surface area (Å²) in [6.07, 6.45) is -3.05. The Kier molecular flexibility index (Phi) is 5.24. The number of hydrogen-bond acceptors (Lipinski definition) is 6. The average molecular weight is 431 g/mol. The molecule has 1 aliphatic rings. The van der Waals surface area contributed by atoms with Crippen LogP contribution in [-0.4, -0.2) is 29.2 Å². The van der Waals surface area contributed by atoms with Gasteiger partial charge in [0.15, 0.2) is 0 Å². The van der Waals surface area contributed by atoms with Crippen molar-refractivity contribution in [1.29, 1.82) is 0 Å². The summed E-state index contributed by atoms with van der Waals surface area (Å²) in [5, 5.41) is 2.50. The summed E-state index contributed by atoms with van der Waals surface area (Å²) in [6.45, 7) is 0.424. The van der Waals surface area contributed by atoms with E-state index < -0.39 is 17.8 Å². The number of fused-ring (bicyclic) bond motifs is 1. The third-order valence-corrected chi connectivity index (χ3v) is 4.35. The molecule has 2 amide bonds. The van der Waals surface area contributed by atoms with Crippen molar-refractivity contribution < 1.29 is 27.4 Å². The van der Waals surface area contributed by atoms with Crippen LogP contribution in [-0.2, 0) is 6.18 Å². The first-order valence-electron chi connectivity index (χ1n) is 9.08. The van der Waals surface area contributed by atoms with Gasteiger partial charge in [-0.2, -0.15) is 18.2 Å². The van der Waals surface area contributed by atoms with E-state index in [2.05, 4.69) is 15.3 Å². The van der Waals surface area contributed by atoms with E-state index in [0.29, 0.717) is 17.2 Å². The van der Waals surface area contributed by atoms with Gasteiger partial charge in [0, 0.05) is 24.0 Å². The Balaban J connectivity index is 1.52. The summed E-state index contributed by atoms with van der Waals surface area (Å²) in [5.41, 5.74) is 5.17. The summed E-state index contributed by atoms with van der Waals surface area (Å²) in [7, 11) is 0. The minimum absolute atomic E-state index is 0.0363. The number of urea groups is 1. The summed E-state index contributed by atoms with van der Waals surface area (Å²) >= 11 is 0. The van der Waals surface area contributed by atoms with E-state index in [1.54, 1.807) is 18.2 Å². The van der Waals surface area contributed by atoms with Crippen LogP contribution in [0.15, 0.2) is 54.7 Å². The molecule has 11 heteroatoms. The molecular weight excluding hydrogens is 415 g/mol. The second kappa shape index (κ2) is 8.01. The van der Waals surface area contributed by atoms with E-state index in [-0.39, 0.29) is 30.7 Å². The number of hydrogen-bond donors (Lipinski definition) is 2. The maximum absolute atomic E-state index is 12.9. The first-order valence-corrected chi connectivity index (χ1v) is 9.08. The molecule has 0 bridgehead atoms. The third kappa shape index (κ3) is 4.60. The fourth-order valence-corrected chi connectivity index (χ4v) is 2.97. The summed E-state index contributed by atoms with van der Waals surface area (Å²) in [4.78, 5) is 21.8. The minimum atomic E-state index is -4.50. The molecule has 0 radical (unpaired) electrons. The normalized spacial score (nSPS) is 13.2. The van der Waals surface area contributed by atoms with Gasteiger partial charge in [0.1, 0.15) is 18.1 Å². The van der Waals surface area contributed by atoms with Crippen LogP contribution in [0.1, 0.15) is 5.56 Å². The number of halogens is 3. The lowest BCUT2D eigenvalue weighted by atomic mass is 10.2. The smallest absolute Gasteiger partial charge is 0.416 e. The quantitative estimate of drug-likeness (QED) is 0.641. The molecule has 0 saturated heterocycles. The number of nitrogens with zero attached hydrogens (tertiary/aromatic N) is 3. The van der Waals surface area contributed by atoms with Crippen LogP contribution >= 0.6 is 0 Å². The molecule has 0 spiro atoms. The fourth-order valence-electron chi connectivity index (χ4n) is 2.97. The minimum Gasteiger partial charge on any atom is -0.489 e. The van der Waals surface area contributed by atoms with Crippen molar-refractivity contribution in [3.05, 3.63) is 60.3 Å². The molecule has 3 N–H and O–H groups in total. The van der Waals surface area contributed by atoms with Crippen LogP contribution in [0.2, 0.25) is 0 Å². The standard InChI is InChI=1S/C20H16F3N5O3/c21-20(22,23)12-2-1-3-13(10-12)26-19(29)28-8-9-30-16-11-14(4-5-15(16)28)31-17-6-7-25-18(24)27-17/h1-7,10-11H,8-9H2,(H,26,29)(H2,24,25,27). The summed E-state index contributed by atoms with van der Waals surface area (Å²) in [6, 6.07) is 10.2. The van der Waals surface area contributed by atoms with Crippen molar-refractivity contribution in [2.24, 2.45) is 0 Å². The van der Waals surface area contributed by atoms with Crippen molar-refractivity contribution in [3.63, 3.8) is 0 Å². The molecule has 31 heavy (non-hydrogen) atoms. The molecule has 160 valence electrons. The molecule has 2 aromatic carbocycles. The highest BCUT2D eigenvalue weighted by Crippen LogP contribution is 2.37. The number of alkyl halides is 3. The number of nitrogen functional groups attached to an aromatic ring is 1. The fraction of sp³-hybridized carbons (Fsp3) is 0.150. The Morgan fingerprint density at radius 1 is 1.19 bits per heavy atom. The van der Waals surface area contributed by atoms with Crippen molar-refractivity contribution in [3.8, 4) is 17.4 Å². The monoisotopic (exact) mass is 431 g/mol. The van der Waals surface area contributed by atoms with Crippen LogP contribution in [0.3, 0.4) is 0 Å². The highest BCUT2D eigenvalue weighted by atomic mass is 19.4. The largest absolute Gasteiger partial charge is 0.489 e. The van der Waals surface area contributed by atoms with Crippen molar-refractivity contribution in [2.75, 3.05) is 29.1 Å². The molecule has 1 aromatic heterocycles. The van der Waals surface area contributed by atoms with Crippen LogP contribution in [0.4, 0.5) is 35.3 Å². The lowest BCUT2D eigenvalue weighted by molar-refractivity contribution is -0.137. The molecule has 3 aromatic rings. The van der Waals surface area contributed by atoms with Crippen LogP contribution in [0.25, 0.3) is 0 Å². The van der Waals surface area contributed by atoms with Crippen LogP contribution < -0.4 is 25.4 Å². The van der Waals surface area contributed by atoms with Crippen molar-refractivity contribution in [1.82, 2.24) is 9.97 Å². The predicted octanol–water partition coefficient (Wildman–Crippen LogP) is 4.30. The zero-order valence-corrected chi connectivity index (χ0v) is 15.9. The van der Waals surface area contributed by atoms with E-state index in [1.165, 1.54) is 29.3 Å². The number of benzene rings is 2. The zero-order chi connectivity index (χ0) is 22.0. The van der Waals surface area contributed by atoms with Gasteiger partial charge in [-0.05, 0) is 30.3 Å². The SMILES string of the molecule is Nc1nccc(Oc2ccc3c(c2)OCCN3C(=O)Nc2cccc(C(F)(F)F)c2)n1. The lowest BCUT2D eigenvalue weighted by Crippen LogP contribution is -2.40. The lowest BCUT2D eigenvalue weighted by Gasteiger charge is -2.30. The maximum atomic E-state index is 12.9. The van der Waals surface area contributed by atoms with E-state index in [1.807, 2.05) is 0 Å². The molecule has 4 rings (SSSR count). The number of carbonyl (C=O) groups excluding carboxylic acids is 1. The summed E-state index contributed by atoms with van der Waals surface area (Å²) < 4.78 is 50.0. The zero-order valence-electron chi connectivity index (χ0n) is 15.9. The van der Waals surface area contributed by atoms with Gasteiger partial charge in [0.05, 0.1) is 17.8 Å². The van der Waals surface area contributed by atoms with Crippen molar-refractivity contribution in [2.45, 2.75) is 6.18 Å². The Bertz CT molecular complexity index is 1120. The van der Waals surface area contributed by atoms with Crippen LogP contribution in [0, 0.1) is 0 Å². The number of nitrogens with two attached hydrogens (primary N) is 1. The first-order chi connectivity index (χ1) is 14.8. The van der Waals surface area contributed by atoms with E-state index in [4.69, 9.17) is 15.2 Å². The van der Waals surface area contributed by atoms with Gasteiger partial charge in [0.25, 0.3) is 0 Å². The van der Waals surface area contributed by atoms with E-state index >= 15 is 0 Å². The molecule has 1 aliphatic heterocycles. The topological polar surface area (TPSA) is 103 Å². The molecule has 0 atom stereocenters. The second-order valence-electron chi connectivity index (χ2n) is 6.49. The van der Waals surface area contributed by atoms with Gasteiger partial charge < -0.3 is 20.5 Å². The third-order valence-electron chi connectivity index (χ3n) is 4.35. The van der Waals surface area contributed by atoms with Crippen molar-refractivity contribution >= 4 is 23.4 Å². The highest BCUT2D eigenvalue weighted by molar-refractivity contribution is 6.03. The number of ether oxygens (including phenoxy) is 2. The van der Waals surface area contributed by atoms with Gasteiger partial charge in [0.2, 0.25) is 11.8 Å².